The third-order valence-electron chi connectivity index (χ3n) is 7.68. The van der Waals surface area contributed by atoms with Crippen molar-refractivity contribution in [1.29, 1.82) is 0 Å². The second-order valence-electron chi connectivity index (χ2n) is 9.19. The molecule has 2 aromatic rings. The number of hydrogen-bond donors (Lipinski definition) is 1. The van der Waals surface area contributed by atoms with E-state index in [1.165, 1.54) is 4.90 Å². The molecule has 4 aliphatic rings. The van der Waals surface area contributed by atoms with Crippen LogP contribution in [0.25, 0.3) is 0 Å². The molecule has 8 heteroatoms. The fourth-order valence-electron chi connectivity index (χ4n) is 6.47. The third kappa shape index (κ3) is 2.23. The number of rotatable bonds is 1. The molecular formula is C24H21Cl2N3O3. The number of nitrogens with zero attached hydrogens (tertiary/aromatic N) is 2. The number of fused-ring (bicyclic) bond motifs is 7. The highest BCUT2D eigenvalue weighted by Crippen LogP contribution is 2.61. The van der Waals surface area contributed by atoms with Crippen molar-refractivity contribution in [3.63, 3.8) is 0 Å². The minimum absolute atomic E-state index is 0.170. The molecule has 32 heavy (non-hydrogen) atoms. The number of anilines is 2. The Bertz CT molecular complexity index is 1250. The molecule has 1 N–H and O–H groups in total. The van der Waals surface area contributed by atoms with E-state index >= 15 is 0 Å². The van der Waals surface area contributed by atoms with E-state index in [1.807, 2.05) is 13.0 Å². The summed E-state index contributed by atoms with van der Waals surface area (Å²) in [6, 6.07) is 8.77. The largest absolute Gasteiger partial charge is 0.323 e. The van der Waals surface area contributed by atoms with Crippen LogP contribution in [0.5, 0.6) is 0 Å². The molecule has 3 fully saturated rings. The van der Waals surface area contributed by atoms with Gasteiger partial charge < -0.3 is 5.32 Å². The van der Waals surface area contributed by atoms with Gasteiger partial charge in [0.1, 0.15) is 5.54 Å². The van der Waals surface area contributed by atoms with Gasteiger partial charge in [-0.05, 0) is 62.6 Å². The highest BCUT2D eigenvalue weighted by molar-refractivity contribution is 6.35. The maximum absolute atomic E-state index is 14.0. The van der Waals surface area contributed by atoms with Gasteiger partial charge in [-0.25, -0.2) is 4.90 Å². The number of aryl methyl sites for hydroxylation is 1. The first-order valence-electron chi connectivity index (χ1n) is 10.8. The highest BCUT2D eigenvalue weighted by atomic mass is 35.5. The number of amides is 3. The lowest BCUT2D eigenvalue weighted by molar-refractivity contribution is -0.135. The van der Waals surface area contributed by atoms with E-state index in [-0.39, 0.29) is 23.8 Å². The average molecular weight is 470 g/mol. The maximum Gasteiger partial charge on any atom is 0.250 e. The molecule has 1 spiro atoms. The van der Waals surface area contributed by atoms with Crippen molar-refractivity contribution < 1.29 is 14.4 Å². The molecular weight excluding hydrogens is 449 g/mol. The Labute approximate surface area is 195 Å². The Morgan fingerprint density at radius 2 is 1.84 bits per heavy atom. The van der Waals surface area contributed by atoms with E-state index in [0.717, 1.165) is 18.4 Å². The Balaban J connectivity index is 1.59. The number of hydrogen-bond acceptors (Lipinski definition) is 4. The van der Waals surface area contributed by atoms with Crippen LogP contribution < -0.4 is 10.2 Å². The molecule has 0 radical (unpaired) electrons. The number of imide groups is 1. The van der Waals surface area contributed by atoms with Gasteiger partial charge in [0.15, 0.2) is 0 Å². The minimum atomic E-state index is -1.23. The average Bonchev–Trinajstić information content (AvgIpc) is 3.44. The Kier molecular flexibility index (Phi) is 4.15. The SMILES string of the molecule is Cc1cc(Cl)c2c(c1)[C@]1(C(=O)N2)[C@@H]2C(=O)N(c3cccc(Cl)c3C)C(=O)[C@@H]2[C@H]2CCCN21. The van der Waals surface area contributed by atoms with E-state index in [1.54, 1.807) is 31.2 Å². The molecule has 0 unspecified atom stereocenters. The van der Waals surface area contributed by atoms with Crippen molar-refractivity contribution in [2.75, 3.05) is 16.8 Å². The Morgan fingerprint density at radius 3 is 2.62 bits per heavy atom. The molecule has 4 heterocycles. The predicted molar refractivity (Wildman–Crippen MR) is 122 cm³/mol. The van der Waals surface area contributed by atoms with Crippen LogP contribution in [-0.4, -0.2) is 35.2 Å². The molecule has 6 nitrogen and oxygen atoms in total. The van der Waals surface area contributed by atoms with Crippen molar-refractivity contribution >= 4 is 52.3 Å². The third-order valence-corrected chi connectivity index (χ3v) is 8.39. The van der Waals surface area contributed by atoms with Gasteiger partial charge in [0, 0.05) is 16.6 Å². The number of nitrogens with one attached hydrogen (secondary N) is 1. The van der Waals surface area contributed by atoms with Crippen LogP contribution in [0.15, 0.2) is 30.3 Å². The molecule has 164 valence electrons. The van der Waals surface area contributed by atoms with Crippen molar-refractivity contribution in [3.8, 4) is 0 Å². The molecule has 0 aliphatic carbocycles. The van der Waals surface area contributed by atoms with E-state index in [4.69, 9.17) is 23.2 Å². The summed E-state index contributed by atoms with van der Waals surface area (Å²) in [4.78, 5) is 44.8. The lowest BCUT2D eigenvalue weighted by Gasteiger charge is -2.37. The predicted octanol–water partition coefficient (Wildman–Crippen LogP) is 4.04. The summed E-state index contributed by atoms with van der Waals surface area (Å²) in [7, 11) is 0. The van der Waals surface area contributed by atoms with Gasteiger partial charge in [-0.2, -0.15) is 0 Å². The summed E-state index contributed by atoms with van der Waals surface area (Å²) in [6.45, 7) is 4.37. The van der Waals surface area contributed by atoms with E-state index < -0.39 is 17.4 Å². The van der Waals surface area contributed by atoms with Gasteiger partial charge >= 0.3 is 0 Å². The topological polar surface area (TPSA) is 69.7 Å². The lowest BCUT2D eigenvalue weighted by atomic mass is 9.75. The van der Waals surface area contributed by atoms with Crippen molar-refractivity contribution in [2.24, 2.45) is 11.8 Å². The number of carbonyl (C=O) groups is 3. The Morgan fingerprint density at radius 1 is 1.06 bits per heavy atom. The highest BCUT2D eigenvalue weighted by Gasteiger charge is 2.74. The van der Waals surface area contributed by atoms with Crippen LogP contribution in [0.1, 0.15) is 29.5 Å². The summed E-state index contributed by atoms with van der Waals surface area (Å²) in [5.41, 5.74) is 2.09. The fourth-order valence-corrected chi connectivity index (χ4v) is 6.96. The normalized spacial score (nSPS) is 30.8. The smallest absolute Gasteiger partial charge is 0.250 e. The first kappa shape index (κ1) is 20.2. The van der Waals surface area contributed by atoms with Crippen molar-refractivity contribution in [1.82, 2.24) is 4.90 Å². The molecule has 4 atom stereocenters. The van der Waals surface area contributed by atoms with Gasteiger partial charge in [0.05, 0.1) is 28.2 Å². The van der Waals surface area contributed by atoms with Gasteiger partial charge in [0.2, 0.25) is 11.8 Å². The van der Waals surface area contributed by atoms with Crippen LogP contribution >= 0.6 is 23.2 Å². The first-order chi connectivity index (χ1) is 15.3. The van der Waals surface area contributed by atoms with Crippen LogP contribution in [0.4, 0.5) is 11.4 Å². The zero-order valence-electron chi connectivity index (χ0n) is 17.6. The number of carbonyl (C=O) groups excluding carboxylic acids is 3. The quantitative estimate of drug-likeness (QED) is 0.639. The van der Waals surface area contributed by atoms with Crippen LogP contribution in [-0.2, 0) is 19.9 Å². The number of benzene rings is 2. The molecule has 6 rings (SSSR count). The summed E-state index contributed by atoms with van der Waals surface area (Å²) in [6.07, 6.45) is 1.64. The fraction of sp³-hybridized carbons (Fsp3) is 0.375. The minimum Gasteiger partial charge on any atom is -0.323 e. The van der Waals surface area contributed by atoms with E-state index in [0.29, 0.717) is 39.1 Å². The summed E-state index contributed by atoms with van der Waals surface area (Å²) in [5, 5.41) is 3.88. The van der Waals surface area contributed by atoms with Gasteiger partial charge in [0.25, 0.3) is 5.91 Å². The zero-order chi connectivity index (χ0) is 22.5. The summed E-state index contributed by atoms with van der Waals surface area (Å²) >= 11 is 12.8. The molecule has 0 bridgehead atoms. The van der Waals surface area contributed by atoms with E-state index in [9.17, 15) is 14.4 Å². The van der Waals surface area contributed by atoms with Gasteiger partial charge in [-0.1, -0.05) is 35.3 Å². The second-order valence-corrected chi connectivity index (χ2v) is 10.0. The molecule has 3 amide bonds. The summed E-state index contributed by atoms with van der Waals surface area (Å²) in [5.74, 6) is -2.26. The lowest BCUT2D eigenvalue weighted by Crippen LogP contribution is -2.54. The zero-order valence-corrected chi connectivity index (χ0v) is 19.1. The maximum atomic E-state index is 14.0. The van der Waals surface area contributed by atoms with Crippen LogP contribution in [0.3, 0.4) is 0 Å². The van der Waals surface area contributed by atoms with Crippen molar-refractivity contribution in [2.45, 2.75) is 38.3 Å². The van der Waals surface area contributed by atoms with E-state index in [2.05, 4.69) is 10.2 Å². The van der Waals surface area contributed by atoms with Crippen LogP contribution in [0, 0.1) is 25.7 Å². The Hall–Kier alpha value is -2.41. The van der Waals surface area contributed by atoms with Gasteiger partial charge in [-0.3, -0.25) is 19.3 Å². The standard InChI is InChI=1S/C24H21Cl2N3O3/c1-11-9-13-20(15(26)10-11)27-23(32)24(13)19-18(17-7-4-8-28(17)24)21(30)29(22(19)31)16-6-3-5-14(25)12(16)2/h3,5-6,9-10,17-19H,4,7-8H2,1-2H3,(H,27,32)/t17-,18-,19+,24-/m1/s1. The molecule has 2 aromatic carbocycles. The molecule has 3 saturated heterocycles. The summed E-state index contributed by atoms with van der Waals surface area (Å²) < 4.78 is 0. The molecule has 0 saturated carbocycles. The van der Waals surface area contributed by atoms with Gasteiger partial charge in [-0.15, -0.1) is 0 Å². The van der Waals surface area contributed by atoms with Crippen LogP contribution in [0.2, 0.25) is 10.0 Å². The number of halogens is 2. The van der Waals surface area contributed by atoms with Crippen molar-refractivity contribution in [3.05, 3.63) is 57.1 Å². The first-order valence-corrected chi connectivity index (χ1v) is 11.6. The second kappa shape index (κ2) is 6.56. The molecule has 0 aromatic heterocycles. The monoisotopic (exact) mass is 469 g/mol. The molecule has 4 aliphatic heterocycles.